The van der Waals surface area contributed by atoms with Crippen molar-refractivity contribution >= 4 is 17.5 Å². The quantitative estimate of drug-likeness (QED) is 0.897. The average Bonchev–Trinajstić information content (AvgIpc) is 2.53. The van der Waals surface area contributed by atoms with Gasteiger partial charge in [-0.15, -0.1) is 0 Å². The molecule has 0 spiro atoms. The first-order valence-electron chi connectivity index (χ1n) is 7.82. The summed E-state index contributed by atoms with van der Waals surface area (Å²) in [6.45, 7) is 2.45. The molecule has 1 aromatic carbocycles. The number of halogens is 1. The maximum atomic E-state index is 12.3. The van der Waals surface area contributed by atoms with Gasteiger partial charge in [0.05, 0.1) is 6.54 Å². The first kappa shape index (κ1) is 16.3. The Balaban J connectivity index is 1.81. The molecule has 1 unspecified atom stereocenters. The number of likely N-dealkylation sites (N-methyl/N-ethyl adjacent to an activating group) is 1. The van der Waals surface area contributed by atoms with Gasteiger partial charge in [0.25, 0.3) is 0 Å². The van der Waals surface area contributed by atoms with E-state index in [1.165, 1.54) is 19.3 Å². The third kappa shape index (κ3) is 4.72. The number of hydrogen-bond acceptors (Lipinski definition) is 2. The normalized spacial score (nSPS) is 17.5. The smallest absolute Gasteiger partial charge is 0.236 e. The molecular formula is C17H25ClN2O. The lowest BCUT2D eigenvalue weighted by Crippen LogP contribution is -2.43. The van der Waals surface area contributed by atoms with E-state index in [2.05, 4.69) is 12.2 Å². The van der Waals surface area contributed by atoms with Gasteiger partial charge < -0.3 is 10.2 Å². The molecule has 1 fully saturated rings. The van der Waals surface area contributed by atoms with E-state index >= 15 is 0 Å². The minimum Gasteiger partial charge on any atom is -0.342 e. The van der Waals surface area contributed by atoms with Crippen LogP contribution in [0, 0.1) is 0 Å². The van der Waals surface area contributed by atoms with Gasteiger partial charge in [-0.25, -0.2) is 0 Å². The lowest BCUT2D eigenvalue weighted by Gasteiger charge is -2.31. The van der Waals surface area contributed by atoms with Crippen LogP contribution in [0.25, 0.3) is 0 Å². The fraction of sp³-hybridized carbons (Fsp3) is 0.588. The lowest BCUT2D eigenvalue weighted by molar-refractivity contribution is -0.131. The number of hydrogen-bond donors (Lipinski definition) is 1. The monoisotopic (exact) mass is 308 g/mol. The number of rotatable bonds is 5. The summed E-state index contributed by atoms with van der Waals surface area (Å²) in [5.41, 5.74) is 1.15. The van der Waals surface area contributed by atoms with E-state index in [0.29, 0.717) is 12.6 Å². The highest BCUT2D eigenvalue weighted by molar-refractivity contribution is 6.30. The molecule has 0 heterocycles. The van der Waals surface area contributed by atoms with E-state index in [0.717, 1.165) is 23.4 Å². The van der Waals surface area contributed by atoms with Crippen molar-refractivity contribution in [2.24, 2.45) is 0 Å². The maximum Gasteiger partial charge on any atom is 0.236 e. The Morgan fingerprint density at radius 2 is 1.90 bits per heavy atom. The van der Waals surface area contributed by atoms with Crippen molar-refractivity contribution in [2.45, 2.75) is 51.1 Å². The minimum atomic E-state index is 0.144. The fourth-order valence-electron chi connectivity index (χ4n) is 2.91. The third-order valence-corrected chi connectivity index (χ3v) is 4.70. The molecule has 3 nitrogen and oxygen atoms in total. The second kappa shape index (κ2) is 7.81. The topological polar surface area (TPSA) is 32.3 Å². The fourth-order valence-corrected chi connectivity index (χ4v) is 3.03. The Bertz CT molecular complexity index is 454. The highest BCUT2D eigenvalue weighted by atomic mass is 35.5. The van der Waals surface area contributed by atoms with Gasteiger partial charge in [0.2, 0.25) is 5.91 Å². The van der Waals surface area contributed by atoms with Crippen molar-refractivity contribution in [1.29, 1.82) is 0 Å². The number of amides is 1. The summed E-state index contributed by atoms with van der Waals surface area (Å²) in [5.74, 6) is 0.183. The molecule has 1 amide bonds. The zero-order valence-electron chi connectivity index (χ0n) is 12.9. The molecule has 0 radical (unpaired) electrons. The van der Waals surface area contributed by atoms with E-state index in [4.69, 9.17) is 11.6 Å². The van der Waals surface area contributed by atoms with E-state index in [1.54, 1.807) is 0 Å². The number of nitrogens with zero attached hydrogens (tertiary/aromatic N) is 1. The van der Waals surface area contributed by atoms with Crippen LogP contribution in [0.15, 0.2) is 24.3 Å². The summed E-state index contributed by atoms with van der Waals surface area (Å²) in [7, 11) is 1.94. The van der Waals surface area contributed by atoms with Crippen molar-refractivity contribution in [3.05, 3.63) is 34.9 Å². The zero-order valence-corrected chi connectivity index (χ0v) is 13.7. The largest absolute Gasteiger partial charge is 0.342 e. The van der Waals surface area contributed by atoms with Crippen LogP contribution in [0.4, 0.5) is 0 Å². The van der Waals surface area contributed by atoms with Gasteiger partial charge >= 0.3 is 0 Å². The van der Waals surface area contributed by atoms with Crippen LogP contribution < -0.4 is 5.32 Å². The van der Waals surface area contributed by atoms with E-state index < -0.39 is 0 Å². The van der Waals surface area contributed by atoms with Gasteiger partial charge in [0, 0.05) is 24.2 Å². The zero-order chi connectivity index (χ0) is 15.2. The van der Waals surface area contributed by atoms with Crippen LogP contribution in [-0.2, 0) is 4.79 Å². The number of benzene rings is 1. The van der Waals surface area contributed by atoms with Gasteiger partial charge in [-0.2, -0.15) is 0 Å². The standard InChI is InChI=1S/C17H25ClN2O/c1-13(14-8-10-15(18)11-9-14)19-12-17(21)20(2)16-6-4-3-5-7-16/h8-11,13,16,19H,3-7,12H2,1-2H3. The Hall–Kier alpha value is -1.06. The number of carbonyl (C=O) groups is 1. The Morgan fingerprint density at radius 3 is 2.52 bits per heavy atom. The SMILES string of the molecule is CC(NCC(=O)N(C)C1CCCCC1)c1ccc(Cl)cc1. The van der Waals surface area contributed by atoms with Crippen molar-refractivity contribution in [1.82, 2.24) is 10.2 Å². The second-order valence-corrected chi connectivity index (χ2v) is 6.39. The van der Waals surface area contributed by atoms with Gasteiger partial charge in [-0.1, -0.05) is 43.0 Å². The molecule has 1 saturated carbocycles. The van der Waals surface area contributed by atoms with Gasteiger partial charge in [-0.05, 0) is 37.5 Å². The molecule has 1 atom stereocenters. The van der Waals surface area contributed by atoms with Crippen molar-refractivity contribution in [3.8, 4) is 0 Å². The molecule has 1 aromatic rings. The van der Waals surface area contributed by atoms with Crippen LogP contribution in [0.2, 0.25) is 5.02 Å². The summed E-state index contributed by atoms with van der Waals surface area (Å²) in [4.78, 5) is 14.2. The summed E-state index contributed by atoms with van der Waals surface area (Å²) in [6, 6.07) is 8.32. The van der Waals surface area contributed by atoms with E-state index in [-0.39, 0.29) is 11.9 Å². The van der Waals surface area contributed by atoms with Gasteiger partial charge in [0.15, 0.2) is 0 Å². The molecule has 21 heavy (non-hydrogen) atoms. The molecule has 0 aliphatic heterocycles. The summed E-state index contributed by atoms with van der Waals surface area (Å²) in [6.07, 6.45) is 6.10. The molecule has 1 aliphatic carbocycles. The Morgan fingerprint density at radius 1 is 1.29 bits per heavy atom. The van der Waals surface area contributed by atoms with E-state index in [9.17, 15) is 4.79 Å². The molecular weight excluding hydrogens is 284 g/mol. The molecule has 0 aromatic heterocycles. The summed E-state index contributed by atoms with van der Waals surface area (Å²) >= 11 is 5.89. The molecule has 116 valence electrons. The molecule has 1 aliphatic rings. The van der Waals surface area contributed by atoms with Crippen molar-refractivity contribution in [2.75, 3.05) is 13.6 Å². The predicted molar refractivity (Wildman–Crippen MR) is 87.5 cm³/mol. The second-order valence-electron chi connectivity index (χ2n) is 5.95. The average molecular weight is 309 g/mol. The highest BCUT2D eigenvalue weighted by Crippen LogP contribution is 2.21. The van der Waals surface area contributed by atoms with Gasteiger partial charge in [-0.3, -0.25) is 4.79 Å². The Kier molecular flexibility index (Phi) is 6.07. The molecule has 1 N–H and O–H groups in total. The summed E-state index contributed by atoms with van der Waals surface area (Å²) in [5, 5.41) is 4.04. The molecule has 0 saturated heterocycles. The van der Waals surface area contributed by atoms with Crippen LogP contribution >= 0.6 is 11.6 Å². The maximum absolute atomic E-state index is 12.3. The predicted octanol–water partition coefficient (Wildman–Crippen LogP) is 3.78. The number of nitrogens with one attached hydrogen (secondary N) is 1. The van der Waals surface area contributed by atoms with Crippen LogP contribution in [-0.4, -0.2) is 30.4 Å². The van der Waals surface area contributed by atoms with E-state index in [1.807, 2.05) is 36.2 Å². The summed E-state index contributed by atoms with van der Waals surface area (Å²) < 4.78 is 0. The molecule has 2 rings (SSSR count). The first-order chi connectivity index (χ1) is 10.1. The highest BCUT2D eigenvalue weighted by Gasteiger charge is 2.22. The molecule has 0 bridgehead atoms. The van der Waals surface area contributed by atoms with Crippen molar-refractivity contribution < 1.29 is 4.79 Å². The Labute approximate surface area is 132 Å². The van der Waals surface area contributed by atoms with Crippen LogP contribution in [0.3, 0.4) is 0 Å². The minimum absolute atomic E-state index is 0.144. The molecule has 4 heteroatoms. The lowest BCUT2D eigenvalue weighted by atomic mass is 9.94. The van der Waals surface area contributed by atoms with Crippen LogP contribution in [0.5, 0.6) is 0 Å². The van der Waals surface area contributed by atoms with Crippen LogP contribution in [0.1, 0.15) is 50.6 Å². The van der Waals surface area contributed by atoms with Gasteiger partial charge in [0.1, 0.15) is 0 Å². The first-order valence-corrected chi connectivity index (χ1v) is 8.20. The third-order valence-electron chi connectivity index (χ3n) is 4.45. The van der Waals surface area contributed by atoms with Crippen molar-refractivity contribution in [3.63, 3.8) is 0 Å². The number of carbonyl (C=O) groups excluding carboxylic acids is 1.